The summed E-state index contributed by atoms with van der Waals surface area (Å²) < 4.78 is 10.7. The fourth-order valence-electron chi connectivity index (χ4n) is 5.17. The van der Waals surface area contributed by atoms with Crippen LogP contribution >= 0.6 is 0 Å². The summed E-state index contributed by atoms with van der Waals surface area (Å²) in [5.74, 6) is 1.35. The van der Waals surface area contributed by atoms with Gasteiger partial charge in [-0.25, -0.2) is 0 Å². The smallest absolute Gasteiger partial charge is 0.234 e. The third-order valence-corrected chi connectivity index (χ3v) is 7.22. The molecule has 0 unspecified atom stereocenters. The van der Waals surface area contributed by atoms with E-state index in [1.54, 1.807) is 6.07 Å². The zero-order valence-corrected chi connectivity index (χ0v) is 19.8. The molecule has 7 nitrogen and oxygen atoms in total. The van der Waals surface area contributed by atoms with E-state index >= 15 is 0 Å². The Morgan fingerprint density at radius 2 is 1.76 bits per heavy atom. The van der Waals surface area contributed by atoms with Crippen molar-refractivity contribution in [3.8, 4) is 11.5 Å². The first kappa shape index (κ1) is 22.7. The van der Waals surface area contributed by atoms with Crippen LogP contribution in [0.4, 0.5) is 5.69 Å². The number of fused-ring (bicyclic) bond motifs is 2. The number of carbonyl (C=O) groups is 2. The number of carbonyl (C=O) groups excluding carboxylic acids is 2. The zero-order valence-electron chi connectivity index (χ0n) is 19.8. The summed E-state index contributed by atoms with van der Waals surface area (Å²) in [7, 11) is 0. The second-order valence-electron chi connectivity index (χ2n) is 9.63. The van der Waals surface area contributed by atoms with Crippen molar-refractivity contribution in [3.63, 3.8) is 0 Å². The Balaban J connectivity index is 1.07. The van der Waals surface area contributed by atoms with Crippen LogP contribution in [0.2, 0.25) is 0 Å². The highest BCUT2D eigenvalue weighted by Gasteiger charge is 2.27. The van der Waals surface area contributed by atoms with Gasteiger partial charge in [0.25, 0.3) is 0 Å². The van der Waals surface area contributed by atoms with Gasteiger partial charge in [0, 0.05) is 17.7 Å². The Morgan fingerprint density at radius 3 is 2.59 bits per heavy atom. The summed E-state index contributed by atoms with van der Waals surface area (Å²) in [6.07, 6.45) is 6.31. The van der Waals surface area contributed by atoms with Gasteiger partial charge < -0.3 is 20.1 Å². The first-order chi connectivity index (χ1) is 16.5. The van der Waals surface area contributed by atoms with Crippen LogP contribution in [0.5, 0.6) is 11.5 Å². The Kier molecular flexibility index (Phi) is 6.72. The lowest BCUT2D eigenvalue weighted by molar-refractivity contribution is -0.124. The molecule has 1 saturated heterocycles. The van der Waals surface area contributed by atoms with Crippen molar-refractivity contribution >= 4 is 17.5 Å². The van der Waals surface area contributed by atoms with Crippen molar-refractivity contribution in [2.75, 3.05) is 31.7 Å². The molecule has 1 fully saturated rings. The van der Waals surface area contributed by atoms with Crippen LogP contribution in [0.15, 0.2) is 36.4 Å². The minimum atomic E-state index is -0.0563. The van der Waals surface area contributed by atoms with Gasteiger partial charge in [-0.05, 0) is 87.4 Å². The van der Waals surface area contributed by atoms with Crippen LogP contribution in [0.1, 0.15) is 55.3 Å². The van der Waals surface area contributed by atoms with Crippen molar-refractivity contribution in [1.29, 1.82) is 0 Å². The molecule has 7 heteroatoms. The van der Waals surface area contributed by atoms with E-state index in [-0.39, 0.29) is 30.6 Å². The van der Waals surface area contributed by atoms with Crippen LogP contribution in [0.3, 0.4) is 0 Å². The number of benzene rings is 2. The van der Waals surface area contributed by atoms with E-state index in [2.05, 4.69) is 40.7 Å². The van der Waals surface area contributed by atoms with E-state index in [1.807, 2.05) is 12.1 Å². The molecule has 2 aliphatic heterocycles. The summed E-state index contributed by atoms with van der Waals surface area (Å²) in [4.78, 5) is 27.5. The molecule has 1 atom stereocenters. The highest BCUT2D eigenvalue weighted by molar-refractivity contribution is 5.93. The number of hydrogen-bond acceptors (Lipinski definition) is 5. The highest BCUT2D eigenvalue weighted by atomic mass is 16.7. The van der Waals surface area contributed by atoms with Gasteiger partial charge in [0.2, 0.25) is 18.6 Å². The van der Waals surface area contributed by atoms with E-state index in [4.69, 9.17) is 9.47 Å². The zero-order chi connectivity index (χ0) is 23.5. The molecule has 0 radical (unpaired) electrons. The second kappa shape index (κ2) is 10.1. The first-order valence-electron chi connectivity index (χ1n) is 12.4. The van der Waals surface area contributed by atoms with Gasteiger partial charge in [0.1, 0.15) is 0 Å². The topological polar surface area (TPSA) is 79.9 Å². The van der Waals surface area contributed by atoms with Gasteiger partial charge in [-0.1, -0.05) is 18.2 Å². The molecule has 180 valence electrons. The lowest BCUT2D eigenvalue weighted by atomic mass is 9.89. The normalized spacial score (nSPS) is 18.7. The molecule has 1 aliphatic carbocycles. The van der Waals surface area contributed by atoms with E-state index in [0.29, 0.717) is 23.7 Å². The number of aryl methyl sites for hydroxylation is 2. The Labute approximate surface area is 200 Å². The Morgan fingerprint density at radius 1 is 1.00 bits per heavy atom. The molecule has 0 aromatic heterocycles. The van der Waals surface area contributed by atoms with E-state index < -0.39 is 0 Å². The number of nitrogens with zero attached hydrogens (tertiary/aromatic N) is 1. The van der Waals surface area contributed by atoms with E-state index in [0.717, 1.165) is 32.4 Å². The predicted molar refractivity (Wildman–Crippen MR) is 130 cm³/mol. The number of piperidine rings is 1. The van der Waals surface area contributed by atoms with Crippen molar-refractivity contribution in [1.82, 2.24) is 10.2 Å². The fraction of sp³-hybridized carbons (Fsp3) is 0.481. The summed E-state index contributed by atoms with van der Waals surface area (Å²) >= 11 is 0. The van der Waals surface area contributed by atoms with Crippen LogP contribution in [0.25, 0.3) is 0 Å². The highest BCUT2D eigenvalue weighted by Crippen LogP contribution is 2.34. The maximum absolute atomic E-state index is 12.7. The standard InChI is InChI=1S/C27H33N3O4/c1-18(21-7-6-19-4-2-3-5-22(19)14-21)28-26(31)16-30-12-10-20(11-13-30)27(32)29-23-8-9-24-25(15-23)34-17-33-24/h6-9,14-15,18,20H,2-5,10-13,16-17H2,1H3,(H,28,31)(H,29,32)/t18-/m0/s1. The minimum absolute atomic E-state index is 0.00950. The van der Waals surface area contributed by atoms with E-state index in [9.17, 15) is 9.59 Å². The fourth-order valence-corrected chi connectivity index (χ4v) is 5.17. The summed E-state index contributed by atoms with van der Waals surface area (Å²) in [6, 6.07) is 12.1. The third kappa shape index (κ3) is 5.20. The first-order valence-corrected chi connectivity index (χ1v) is 12.4. The molecular weight excluding hydrogens is 430 g/mol. The van der Waals surface area contributed by atoms with Crippen molar-refractivity contribution in [2.45, 2.75) is 51.5 Å². The maximum atomic E-state index is 12.7. The number of nitrogens with one attached hydrogen (secondary N) is 2. The summed E-state index contributed by atoms with van der Waals surface area (Å²) in [5, 5.41) is 6.15. The molecule has 2 heterocycles. The van der Waals surface area contributed by atoms with Crippen molar-refractivity contribution in [2.24, 2.45) is 5.92 Å². The predicted octanol–water partition coefficient (Wildman–Crippen LogP) is 3.82. The van der Waals surface area contributed by atoms with Gasteiger partial charge in [0.05, 0.1) is 12.6 Å². The lowest BCUT2D eigenvalue weighted by Gasteiger charge is -2.31. The molecule has 2 aromatic rings. The van der Waals surface area contributed by atoms with Gasteiger partial charge in [-0.3, -0.25) is 14.5 Å². The van der Waals surface area contributed by atoms with Gasteiger partial charge in [-0.15, -0.1) is 0 Å². The number of amides is 2. The molecule has 2 aromatic carbocycles. The Hall–Kier alpha value is -3.06. The molecule has 2 N–H and O–H groups in total. The second-order valence-corrected chi connectivity index (χ2v) is 9.63. The number of rotatable bonds is 6. The van der Waals surface area contributed by atoms with Gasteiger partial charge in [-0.2, -0.15) is 0 Å². The van der Waals surface area contributed by atoms with Crippen molar-refractivity contribution in [3.05, 3.63) is 53.1 Å². The molecule has 0 spiro atoms. The number of ether oxygens (including phenoxy) is 2. The molecular formula is C27H33N3O4. The third-order valence-electron chi connectivity index (χ3n) is 7.22. The summed E-state index contributed by atoms with van der Waals surface area (Å²) in [6.45, 7) is 4.10. The molecule has 5 rings (SSSR count). The maximum Gasteiger partial charge on any atom is 0.234 e. The van der Waals surface area contributed by atoms with Crippen LogP contribution in [-0.2, 0) is 22.4 Å². The minimum Gasteiger partial charge on any atom is -0.454 e. The summed E-state index contributed by atoms with van der Waals surface area (Å²) in [5.41, 5.74) is 4.78. The quantitative estimate of drug-likeness (QED) is 0.681. The van der Waals surface area contributed by atoms with Crippen molar-refractivity contribution < 1.29 is 19.1 Å². The Bertz CT molecular complexity index is 1060. The number of hydrogen-bond donors (Lipinski definition) is 2. The van der Waals surface area contributed by atoms with Gasteiger partial charge in [0.15, 0.2) is 11.5 Å². The average molecular weight is 464 g/mol. The number of anilines is 1. The lowest BCUT2D eigenvalue weighted by Crippen LogP contribution is -2.43. The average Bonchev–Trinajstić information content (AvgIpc) is 3.32. The van der Waals surface area contributed by atoms with Crippen LogP contribution in [-0.4, -0.2) is 43.1 Å². The van der Waals surface area contributed by atoms with E-state index in [1.165, 1.54) is 36.0 Å². The van der Waals surface area contributed by atoms with Crippen LogP contribution < -0.4 is 20.1 Å². The molecule has 2 amide bonds. The largest absolute Gasteiger partial charge is 0.454 e. The van der Waals surface area contributed by atoms with Gasteiger partial charge >= 0.3 is 0 Å². The SMILES string of the molecule is C[C@H](NC(=O)CN1CCC(C(=O)Nc2ccc3c(c2)OCO3)CC1)c1ccc2c(c1)CCCC2. The molecule has 0 saturated carbocycles. The monoisotopic (exact) mass is 463 g/mol. The molecule has 0 bridgehead atoms. The van der Waals surface area contributed by atoms with Crippen LogP contribution in [0, 0.1) is 5.92 Å². The molecule has 34 heavy (non-hydrogen) atoms. The number of likely N-dealkylation sites (tertiary alicyclic amines) is 1. The molecule has 3 aliphatic rings.